The number of pyridine rings is 1. The number of rotatable bonds is 5. The van der Waals surface area contributed by atoms with Crippen LogP contribution in [0.25, 0.3) is 28.0 Å². The predicted molar refractivity (Wildman–Crippen MR) is 129 cm³/mol. The van der Waals surface area contributed by atoms with Gasteiger partial charge in [0, 0.05) is 42.2 Å². The molecule has 33 heavy (non-hydrogen) atoms. The summed E-state index contributed by atoms with van der Waals surface area (Å²) in [7, 11) is -1.75. The first-order valence-corrected chi connectivity index (χ1v) is 12.7. The number of aromatic nitrogens is 4. The van der Waals surface area contributed by atoms with Crippen LogP contribution in [0.4, 0.5) is 5.69 Å². The summed E-state index contributed by atoms with van der Waals surface area (Å²) in [6.45, 7) is 1.97. The number of nitrogens with one attached hydrogen (secondary N) is 1. The molecule has 0 atom stereocenters. The van der Waals surface area contributed by atoms with Crippen LogP contribution in [0.5, 0.6) is 0 Å². The van der Waals surface area contributed by atoms with Crippen LogP contribution in [0.15, 0.2) is 53.9 Å². The van der Waals surface area contributed by atoms with Crippen molar-refractivity contribution >= 4 is 21.4 Å². The molecule has 5 rings (SSSR count). The van der Waals surface area contributed by atoms with Crippen molar-refractivity contribution in [1.29, 1.82) is 0 Å². The van der Waals surface area contributed by atoms with E-state index >= 15 is 0 Å². The van der Waals surface area contributed by atoms with Crippen molar-refractivity contribution in [2.75, 3.05) is 5.73 Å². The number of benzene rings is 1. The van der Waals surface area contributed by atoms with Gasteiger partial charge in [-0.25, -0.2) is 18.1 Å². The van der Waals surface area contributed by atoms with Crippen molar-refractivity contribution in [3.63, 3.8) is 0 Å². The highest BCUT2D eigenvalue weighted by molar-refractivity contribution is 7.89. The Balaban J connectivity index is 1.54. The summed E-state index contributed by atoms with van der Waals surface area (Å²) < 4.78 is 32.7. The van der Waals surface area contributed by atoms with Crippen LogP contribution in [0, 0.1) is 6.92 Å². The summed E-state index contributed by atoms with van der Waals surface area (Å²) in [4.78, 5) is 4.83. The van der Waals surface area contributed by atoms with Crippen LogP contribution in [-0.2, 0) is 17.1 Å². The van der Waals surface area contributed by atoms with Crippen LogP contribution in [-0.4, -0.2) is 33.6 Å². The molecular weight excluding hydrogens is 436 g/mol. The zero-order valence-electron chi connectivity index (χ0n) is 18.8. The number of imidazole rings is 1. The monoisotopic (exact) mass is 464 g/mol. The highest BCUT2D eigenvalue weighted by atomic mass is 32.2. The molecule has 1 saturated carbocycles. The molecule has 8 nitrogen and oxygen atoms in total. The largest absolute Gasteiger partial charge is 0.395 e. The molecule has 0 aliphatic heterocycles. The van der Waals surface area contributed by atoms with Gasteiger partial charge >= 0.3 is 0 Å². The molecule has 3 N–H and O–H groups in total. The van der Waals surface area contributed by atoms with E-state index in [0.29, 0.717) is 11.3 Å². The highest BCUT2D eigenvalue weighted by Crippen LogP contribution is 2.33. The predicted octanol–water partition coefficient (Wildman–Crippen LogP) is 3.90. The van der Waals surface area contributed by atoms with Crippen molar-refractivity contribution in [2.45, 2.75) is 50.0 Å². The number of sulfonamides is 1. The Morgan fingerprint density at radius 2 is 1.88 bits per heavy atom. The Hall–Kier alpha value is -3.17. The standard InChI is InChI=1S/C24H28N6O2S/c1-16-8-9-19(33(31,32)28-18-6-4-3-5-7-18)12-21(16)22-14-26-24-23(25)20(10-11-30(22)24)17-13-27-29(2)15-17/h8-15,18,28H,3-7,25H2,1-2H3. The second-order valence-electron chi connectivity index (χ2n) is 8.82. The summed E-state index contributed by atoms with van der Waals surface area (Å²) >= 11 is 0. The minimum Gasteiger partial charge on any atom is -0.395 e. The molecule has 0 radical (unpaired) electrons. The normalized spacial score (nSPS) is 15.3. The van der Waals surface area contributed by atoms with E-state index in [1.165, 1.54) is 6.42 Å². The van der Waals surface area contributed by atoms with Gasteiger partial charge in [0.25, 0.3) is 0 Å². The maximum Gasteiger partial charge on any atom is 0.240 e. The summed E-state index contributed by atoms with van der Waals surface area (Å²) in [5.74, 6) is 0. The first kappa shape index (κ1) is 21.7. The molecule has 1 fully saturated rings. The minimum atomic E-state index is -3.61. The molecule has 1 aliphatic carbocycles. The van der Waals surface area contributed by atoms with Gasteiger partial charge < -0.3 is 5.73 Å². The maximum absolute atomic E-state index is 13.1. The van der Waals surface area contributed by atoms with E-state index in [-0.39, 0.29) is 10.9 Å². The van der Waals surface area contributed by atoms with Crippen molar-refractivity contribution in [3.05, 3.63) is 54.6 Å². The van der Waals surface area contributed by atoms with Gasteiger partial charge in [0.1, 0.15) is 0 Å². The Kier molecular flexibility index (Phi) is 5.46. The van der Waals surface area contributed by atoms with Gasteiger partial charge in [0.15, 0.2) is 5.65 Å². The van der Waals surface area contributed by atoms with E-state index in [1.54, 1.807) is 29.2 Å². The number of nitrogens with two attached hydrogens (primary N) is 1. The number of fused-ring (bicyclic) bond motifs is 1. The quantitative estimate of drug-likeness (QED) is 0.466. The zero-order chi connectivity index (χ0) is 23.2. The molecule has 3 heterocycles. The van der Waals surface area contributed by atoms with E-state index in [2.05, 4.69) is 14.8 Å². The smallest absolute Gasteiger partial charge is 0.240 e. The molecule has 172 valence electrons. The molecule has 0 spiro atoms. The van der Waals surface area contributed by atoms with E-state index in [4.69, 9.17) is 5.73 Å². The SMILES string of the molecule is Cc1ccc(S(=O)(=O)NC2CCCCC2)cc1-c1cnc2c(N)c(-c3cnn(C)c3)ccn12. The Labute approximate surface area is 193 Å². The number of anilines is 1. The lowest BCUT2D eigenvalue weighted by atomic mass is 9.96. The number of nitrogen functional groups attached to an aromatic ring is 1. The van der Waals surface area contributed by atoms with E-state index in [0.717, 1.165) is 53.6 Å². The summed E-state index contributed by atoms with van der Waals surface area (Å²) in [6.07, 6.45) is 12.4. The van der Waals surface area contributed by atoms with Gasteiger partial charge in [0.2, 0.25) is 10.0 Å². The van der Waals surface area contributed by atoms with Crippen LogP contribution < -0.4 is 10.5 Å². The third-order valence-electron chi connectivity index (χ3n) is 6.46. The second-order valence-corrected chi connectivity index (χ2v) is 10.5. The van der Waals surface area contributed by atoms with Crippen molar-refractivity contribution in [3.8, 4) is 22.4 Å². The third-order valence-corrected chi connectivity index (χ3v) is 7.97. The molecule has 0 saturated heterocycles. The molecule has 9 heteroatoms. The second kappa shape index (κ2) is 8.31. The average Bonchev–Trinajstić information content (AvgIpc) is 3.41. The first-order chi connectivity index (χ1) is 15.8. The van der Waals surface area contributed by atoms with Crippen LogP contribution in [0.3, 0.4) is 0 Å². The summed E-state index contributed by atoms with van der Waals surface area (Å²) in [6, 6.07) is 7.19. The van der Waals surface area contributed by atoms with Crippen LogP contribution in [0.2, 0.25) is 0 Å². The lowest BCUT2D eigenvalue weighted by Gasteiger charge is -2.22. The van der Waals surface area contributed by atoms with Gasteiger partial charge in [-0.1, -0.05) is 25.3 Å². The Bertz CT molecular complexity index is 1430. The number of nitrogens with zero attached hydrogens (tertiary/aromatic N) is 4. The highest BCUT2D eigenvalue weighted by Gasteiger charge is 2.23. The van der Waals surface area contributed by atoms with Crippen LogP contribution in [0.1, 0.15) is 37.7 Å². The van der Waals surface area contributed by atoms with Gasteiger partial charge in [-0.15, -0.1) is 0 Å². The molecule has 0 unspecified atom stereocenters. The number of hydrogen-bond donors (Lipinski definition) is 2. The Morgan fingerprint density at radius 3 is 2.61 bits per heavy atom. The molecule has 0 amide bonds. The molecule has 1 aromatic carbocycles. The van der Waals surface area contributed by atoms with E-state index in [1.807, 2.05) is 42.9 Å². The van der Waals surface area contributed by atoms with E-state index < -0.39 is 10.0 Å². The zero-order valence-corrected chi connectivity index (χ0v) is 19.6. The fourth-order valence-corrected chi connectivity index (χ4v) is 5.96. The minimum absolute atomic E-state index is 0.00926. The topological polar surface area (TPSA) is 107 Å². The molecule has 4 aromatic rings. The van der Waals surface area contributed by atoms with Gasteiger partial charge in [-0.05, 0) is 43.5 Å². The average molecular weight is 465 g/mol. The lowest BCUT2D eigenvalue weighted by molar-refractivity contribution is 0.412. The van der Waals surface area contributed by atoms with Gasteiger partial charge in [0.05, 0.1) is 28.7 Å². The van der Waals surface area contributed by atoms with Gasteiger partial charge in [-0.2, -0.15) is 5.10 Å². The first-order valence-electron chi connectivity index (χ1n) is 11.2. The van der Waals surface area contributed by atoms with Crippen molar-refractivity contribution in [1.82, 2.24) is 23.9 Å². The number of aryl methyl sites for hydroxylation is 2. The lowest BCUT2D eigenvalue weighted by Crippen LogP contribution is -2.36. The maximum atomic E-state index is 13.1. The molecule has 3 aromatic heterocycles. The fraction of sp³-hybridized carbons (Fsp3) is 0.333. The molecule has 0 bridgehead atoms. The Morgan fingerprint density at radius 1 is 1.09 bits per heavy atom. The fourth-order valence-electron chi connectivity index (χ4n) is 4.63. The third kappa shape index (κ3) is 4.02. The van der Waals surface area contributed by atoms with Crippen molar-refractivity contribution in [2.24, 2.45) is 7.05 Å². The van der Waals surface area contributed by atoms with Crippen molar-refractivity contribution < 1.29 is 8.42 Å². The molecule has 1 aliphatic rings. The van der Waals surface area contributed by atoms with E-state index in [9.17, 15) is 8.42 Å². The van der Waals surface area contributed by atoms with Crippen LogP contribution >= 0.6 is 0 Å². The number of hydrogen-bond acceptors (Lipinski definition) is 5. The summed E-state index contributed by atoms with van der Waals surface area (Å²) in [5, 5.41) is 4.22. The summed E-state index contributed by atoms with van der Waals surface area (Å²) in [5.41, 5.74) is 12.0. The molecular formula is C24H28N6O2S. The van der Waals surface area contributed by atoms with Gasteiger partial charge in [-0.3, -0.25) is 9.08 Å².